The number of imidazole rings is 1. The Morgan fingerprint density at radius 3 is 2.72 bits per heavy atom. The minimum atomic E-state index is -1.05. The van der Waals surface area contributed by atoms with Gasteiger partial charge in [0.2, 0.25) is 5.91 Å². The summed E-state index contributed by atoms with van der Waals surface area (Å²) in [7, 11) is 0. The standard InChI is InChI=1S/C19H16N4O5S/c1-9(17(25)20-11-3-4-12-13(7-11)23-19(27)22-12)28-18(26)10-2-5-15-14(6-10)21-16(24)8-29-15/h2-7,9H,8H2,1H3,(H,20,25)(H,21,24)(H2,22,23,27)/t9-/m0/s1. The molecule has 2 heterocycles. The van der Waals surface area contributed by atoms with Crippen molar-refractivity contribution in [3.63, 3.8) is 0 Å². The summed E-state index contributed by atoms with van der Waals surface area (Å²) in [5, 5.41) is 5.35. The van der Waals surface area contributed by atoms with E-state index in [9.17, 15) is 19.2 Å². The first-order valence-electron chi connectivity index (χ1n) is 8.69. The molecule has 9 nitrogen and oxygen atoms in total. The van der Waals surface area contributed by atoms with Crippen LogP contribution in [-0.2, 0) is 14.3 Å². The molecule has 0 saturated carbocycles. The zero-order valence-electron chi connectivity index (χ0n) is 15.2. The predicted molar refractivity (Wildman–Crippen MR) is 108 cm³/mol. The Bertz CT molecular complexity index is 1200. The molecular formula is C19H16N4O5S. The van der Waals surface area contributed by atoms with Gasteiger partial charge in [0.15, 0.2) is 6.10 Å². The first kappa shape index (κ1) is 18.8. The molecule has 1 aromatic heterocycles. The zero-order valence-corrected chi connectivity index (χ0v) is 16.0. The second kappa shape index (κ2) is 7.47. The van der Waals surface area contributed by atoms with Crippen LogP contribution >= 0.6 is 11.8 Å². The average molecular weight is 412 g/mol. The topological polar surface area (TPSA) is 133 Å². The quantitative estimate of drug-likeness (QED) is 0.485. The van der Waals surface area contributed by atoms with Crippen molar-refractivity contribution in [2.24, 2.45) is 0 Å². The molecule has 1 aliphatic rings. The van der Waals surface area contributed by atoms with Crippen molar-refractivity contribution in [2.45, 2.75) is 17.9 Å². The molecule has 3 aromatic rings. The Morgan fingerprint density at radius 1 is 1.10 bits per heavy atom. The number of aromatic nitrogens is 2. The third-order valence-electron chi connectivity index (χ3n) is 4.28. The molecule has 0 bridgehead atoms. The molecule has 0 unspecified atom stereocenters. The van der Waals surface area contributed by atoms with Crippen LogP contribution in [0.15, 0.2) is 46.1 Å². The summed E-state index contributed by atoms with van der Waals surface area (Å²) in [5.74, 6) is -0.999. The van der Waals surface area contributed by atoms with Gasteiger partial charge < -0.3 is 25.3 Å². The normalized spacial score (nSPS) is 14.0. The molecule has 0 aliphatic carbocycles. The zero-order chi connectivity index (χ0) is 20.5. The number of anilines is 2. The van der Waals surface area contributed by atoms with E-state index in [1.807, 2.05) is 0 Å². The first-order valence-corrected chi connectivity index (χ1v) is 9.68. The fraction of sp³-hybridized carbons (Fsp3) is 0.158. The highest BCUT2D eigenvalue weighted by molar-refractivity contribution is 8.00. The second-order valence-electron chi connectivity index (χ2n) is 6.42. The lowest BCUT2D eigenvalue weighted by Gasteiger charge is -2.17. The van der Waals surface area contributed by atoms with Crippen LogP contribution in [0.25, 0.3) is 11.0 Å². The summed E-state index contributed by atoms with van der Waals surface area (Å²) >= 11 is 1.39. The maximum absolute atomic E-state index is 12.4. The number of hydrogen-bond donors (Lipinski definition) is 4. The van der Waals surface area contributed by atoms with E-state index in [4.69, 9.17) is 4.74 Å². The molecule has 0 radical (unpaired) electrons. The molecule has 0 fully saturated rings. The number of ether oxygens (including phenoxy) is 1. The SMILES string of the molecule is C[C@H](OC(=O)c1ccc2c(c1)NC(=O)CS2)C(=O)Nc1ccc2[nH]c(=O)[nH]c2c1. The van der Waals surface area contributed by atoms with Crippen LogP contribution in [0, 0.1) is 0 Å². The van der Waals surface area contributed by atoms with Gasteiger partial charge in [0.1, 0.15) is 0 Å². The van der Waals surface area contributed by atoms with Gasteiger partial charge in [0.25, 0.3) is 5.91 Å². The predicted octanol–water partition coefficient (Wildman–Crippen LogP) is 2.08. The fourth-order valence-electron chi connectivity index (χ4n) is 2.85. The van der Waals surface area contributed by atoms with E-state index in [2.05, 4.69) is 20.6 Å². The van der Waals surface area contributed by atoms with Gasteiger partial charge in [-0.1, -0.05) is 0 Å². The number of thioether (sulfide) groups is 1. The molecular weight excluding hydrogens is 396 g/mol. The van der Waals surface area contributed by atoms with Crippen LogP contribution in [0.1, 0.15) is 17.3 Å². The van der Waals surface area contributed by atoms with E-state index >= 15 is 0 Å². The molecule has 148 valence electrons. The second-order valence-corrected chi connectivity index (χ2v) is 7.44. The summed E-state index contributed by atoms with van der Waals surface area (Å²) < 4.78 is 5.25. The van der Waals surface area contributed by atoms with E-state index < -0.39 is 18.0 Å². The Hall–Kier alpha value is -3.53. The van der Waals surface area contributed by atoms with Gasteiger partial charge in [0, 0.05) is 10.6 Å². The highest BCUT2D eigenvalue weighted by atomic mass is 32.2. The van der Waals surface area contributed by atoms with E-state index in [1.165, 1.54) is 24.8 Å². The van der Waals surface area contributed by atoms with Gasteiger partial charge in [-0.15, -0.1) is 11.8 Å². The summed E-state index contributed by atoms with van der Waals surface area (Å²) in [4.78, 5) is 53.7. The summed E-state index contributed by atoms with van der Waals surface area (Å²) in [5.41, 5.74) is 2.06. The van der Waals surface area contributed by atoms with Crippen LogP contribution in [-0.4, -0.2) is 39.6 Å². The van der Waals surface area contributed by atoms with Crippen molar-refractivity contribution in [2.75, 3.05) is 16.4 Å². The van der Waals surface area contributed by atoms with Crippen molar-refractivity contribution in [1.29, 1.82) is 0 Å². The number of rotatable bonds is 4. The molecule has 4 rings (SSSR count). The number of carbonyl (C=O) groups excluding carboxylic acids is 3. The van der Waals surface area contributed by atoms with Gasteiger partial charge in [-0.3, -0.25) is 9.59 Å². The third kappa shape index (κ3) is 4.02. The lowest BCUT2D eigenvalue weighted by atomic mass is 10.2. The van der Waals surface area contributed by atoms with E-state index in [0.29, 0.717) is 28.2 Å². The third-order valence-corrected chi connectivity index (χ3v) is 5.36. The molecule has 29 heavy (non-hydrogen) atoms. The number of aromatic amines is 2. The summed E-state index contributed by atoms with van der Waals surface area (Å²) in [6.45, 7) is 1.46. The monoisotopic (exact) mass is 412 g/mol. The Kier molecular flexibility index (Phi) is 4.85. The van der Waals surface area contributed by atoms with E-state index in [-0.39, 0.29) is 17.2 Å². The Balaban J connectivity index is 1.42. The number of fused-ring (bicyclic) bond motifs is 2. The molecule has 0 saturated heterocycles. The minimum Gasteiger partial charge on any atom is -0.449 e. The van der Waals surface area contributed by atoms with Crippen molar-refractivity contribution in [3.05, 3.63) is 52.4 Å². The highest BCUT2D eigenvalue weighted by Crippen LogP contribution is 2.32. The molecule has 2 amide bonds. The molecule has 10 heteroatoms. The van der Waals surface area contributed by atoms with Gasteiger partial charge in [-0.05, 0) is 43.3 Å². The van der Waals surface area contributed by atoms with Crippen LogP contribution in [0.3, 0.4) is 0 Å². The highest BCUT2D eigenvalue weighted by Gasteiger charge is 2.22. The van der Waals surface area contributed by atoms with Gasteiger partial charge in [-0.2, -0.15) is 0 Å². The Morgan fingerprint density at radius 2 is 1.90 bits per heavy atom. The lowest BCUT2D eigenvalue weighted by Crippen LogP contribution is -2.30. The number of nitrogens with one attached hydrogen (secondary N) is 4. The van der Waals surface area contributed by atoms with Crippen LogP contribution in [0.5, 0.6) is 0 Å². The first-order chi connectivity index (χ1) is 13.9. The molecule has 4 N–H and O–H groups in total. The Labute approximate surface area is 168 Å². The number of hydrogen-bond acceptors (Lipinski definition) is 6. The van der Waals surface area contributed by atoms with Crippen molar-refractivity contribution < 1.29 is 19.1 Å². The molecule has 0 spiro atoms. The maximum Gasteiger partial charge on any atom is 0.338 e. The molecule has 1 aliphatic heterocycles. The van der Waals surface area contributed by atoms with Crippen molar-refractivity contribution >= 4 is 52.0 Å². The van der Waals surface area contributed by atoms with Crippen LogP contribution in [0.4, 0.5) is 11.4 Å². The average Bonchev–Trinajstić information content (AvgIpc) is 3.06. The van der Waals surface area contributed by atoms with Crippen molar-refractivity contribution in [1.82, 2.24) is 9.97 Å². The maximum atomic E-state index is 12.4. The van der Waals surface area contributed by atoms with Gasteiger partial charge in [0.05, 0.1) is 28.0 Å². The lowest BCUT2D eigenvalue weighted by molar-refractivity contribution is -0.123. The van der Waals surface area contributed by atoms with Gasteiger partial charge >= 0.3 is 11.7 Å². The fourth-order valence-corrected chi connectivity index (χ4v) is 3.63. The van der Waals surface area contributed by atoms with Crippen LogP contribution < -0.4 is 16.3 Å². The van der Waals surface area contributed by atoms with Crippen LogP contribution in [0.2, 0.25) is 0 Å². The summed E-state index contributed by atoms with van der Waals surface area (Å²) in [6.07, 6.45) is -1.05. The summed E-state index contributed by atoms with van der Waals surface area (Å²) in [6, 6.07) is 9.73. The minimum absolute atomic E-state index is 0.138. The number of carbonyl (C=O) groups is 3. The van der Waals surface area contributed by atoms with E-state index in [1.54, 1.807) is 30.3 Å². The number of esters is 1. The van der Waals surface area contributed by atoms with E-state index in [0.717, 1.165) is 4.90 Å². The number of benzene rings is 2. The number of amides is 2. The van der Waals surface area contributed by atoms with Gasteiger partial charge in [-0.25, -0.2) is 9.59 Å². The smallest absolute Gasteiger partial charge is 0.338 e. The number of H-pyrrole nitrogens is 2. The largest absolute Gasteiger partial charge is 0.449 e. The molecule has 2 aromatic carbocycles. The molecule has 1 atom stereocenters. The van der Waals surface area contributed by atoms with Crippen molar-refractivity contribution in [3.8, 4) is 0 Å².